The minimum absolute atomic E-state index is 0.142. The molecule has 1 heterocycles. The molecule has 14 heavy (non-hydrogen) atoms. The van der Waals surface area contributed by atoms with Crippen molar-refractivity contribution in [2.45, 2.75) is 38.8 Å². The molecule has 0 saturated carbocycles. The van der Waals surface area contributed by atoms with Crippen molar-refractivity contribution in [1.82, 2.24) is 10.2 Å². The standard InChI is InChI=1S/C10H20N2O2/c1-8(2)11-10(13)14-7-9-5-4-6-12(9)3/h8-9H,4-7H2,1-3H3,(H,11,13). The Morgan fingerprint density at radius 3 is 2.86 bits per heavy atom. The second-order valence-corrected chi connectivity index (χ2v) is 4.17. The van der Waals surface area contributed by atoms with Crippen molar-refractivity contribution in [1.29, 1.82) is 0 Å². The molecule has 1 fully saturated rings. The van der Waals surface area contributed by atoms with Crippen LogP contribution in [0.5, 0.6) is 0 Å². The van der Waals surface area contributed by atoms with Crippen LogP contribution in [-0.4, -0.2) is 43.3 Å². The summed E-state index contributed by atoms with van der Waals surface area (Å²) in [6.07, 6.45) is 2.03. The molecule has 82 valence electrons. The van der Waals surface area contributed by atoms with Crippen molar-refractivity contribution in [2.24, 2.45) is 0 Å². The van der Waals surface area contributed by atoms with Crippen LogP contribution in [0.25, 0.3) is 0 Å². The zero-order chi connectivity index (χ0) is 10.6. The van der Waals surface area contributed by atoms with Crippen LogP contribution < -0.4 is 5.32 Å². The Kier molecular flexibility index (Phi) is 4.20. The lowest BCUT2D eigenvalue weighted by atomic mass is 10.2. The van der Waals surface area contributed by atoms with Gasteiger partial charge in [-0.3, -0.25) is 0 Å². The fourth-order valence-electron chi connectivity index (χ4n) is 1.64. The van der Waals surface area contributed by atoms with Gasteiger partial charge in [0.1, 0.15) is 6.61 Å². The highest BCUT2D eigenvalue weighted by atomic mass is 16.5. The van der Waals surface area contributed by atoms with Crippen molar-refractivity contribution >= 4 is 6.09 Å². The molecule has 0 aromatic carbocycles. The molecule has 0 radical (unpaired) electrons. The Morgan fingerprint density at radius 2 is 2.36 bits per heavy atom. The average Bonchev–Trinajstić information content (AvgIpc) is 2.46. The van der Waals surface area contributed by atoms with Crippen LogP contribution in [0.3, 0.4) is 0 Å². The van der Waals surface area contributed by atoms with Gasteiger partial charge in [0, 0.05) is 12.1 Å². The third-order valence-corrected chi connectivity index (χ3v) is 2.48. The van der Waals surface area contributed by atoms with Crippen LogP contribution in [0.2, 0.25) is 0 Å². The Morgan fingerprint density at radius 1 is 1.64 bits per heavy atom. The van der Waals surface area contributed by atoms with Crippen molar-refractivity contribution in [3.63, 3.8) is 0 Å². The highest BCUT2D eigenvalue weighted by Gasteiger charge is 2.22. The lowest BCUT2D eigenvalue weighted by Crippen LogP contribution is -2.35. The van der Waals surface area contributed by atoms with Gasteiger partial charge in [-0.2, -0.15) is 0 Å². The van der Waals surface area contributed by atoms with E-state index in [-0.39, 0.29) is 12.1 Å². The molecule has 1 amide bonds. The third kappa shape index (κ3) is 3.54. The largest absolute Gasteiger partial charge is 0.448 e. The van der Waals surface area contributed by atoms with Gasteiger partial charge in [0.05, 0.1) is 0 Å². The fraction of sp³-hybridized carbons (Fsp3) is 0.900. The maximum atomic E-state index is 11.2. The second-order valence-electron chi connectivity index (χ2n) is 4.17. The molecule has 4 heteroatoms. The van der Waals surface area contributed by atoms with Crippen LogP contribution in [-0.2, 0) is 4.74 Å². The molecular weight excluding hydrogens is 180 g/mol. The molecule has 0 aromatic heterocycles. The number of carbonyl (C=O) groups is 1. The molecule has 1 unspecified atom stereocenters. The molecule has 0 spiro atoms. The van der Waals surface area contributed by atoms with E-state index in [0.29, 0.717) is 12.6 Å². The fourth-order valence-corrected chi connectivity index (χ4v) is 1.64. The van der Waals surface area contributed by atoms with Gasteiger partial charge in [0.15, 0.2) is 0 Å². The number of hydrogen-bond donors (Lipinski definition) is 1. The van der Waals surface area contributed by atoms with Gasteiger partial charge in [-0.25, -0.2) is 4.79 Å². The number of carbonyl (C=O) groups excluding carboxylic acids is 1. The topological polar surface area (TPSA) is 41.6 Å². The summed E-state index contributed by atoms with van der Waals surface area (Å²) in [5.41, 5.74) is 0. The van der Waals surface area contributed by atoms with E-state index in [1.54, 1.807) is 0 Å². The Labute approximate surface area is 85.6 Å². The van der Waals surface area contributed by atoms with Crippen LogP contribution in [0.1, 0.15) is 26.7 Å². The van der Waals surface area contributed by atoms with Crippen molar-refractivity contribution in [3.05, 3.63) is 0 Å². The lowest BCUT2D eigenvalue weighted by Gasteiger charge is -2.19. The molecule has 1 saturated heterocycles. The van der Waals surface area contributed by atoms with Crippen LogP contribution in [0.15, 0.2) is 0 Å². The molecular formula is C10H20N2O2. The van der Waals surface area contributed by atoms with E-state index in [4.69, 9.17) is 4.74 Å². The highest BCUT2D eigenvalue weighted by molar-refractivity contribution is 5.67. The van der Waals surface area contributed by atoms with Gasteiger partial charge < -0.3 is 15.0 Å². The van der Waals surface area contributed by atoms with Crippen molar-refractivity contribution in [2.75, 3.05) is 20.2 Å². The predicted octanol–water partition coefficient (Wildman–Crippen LogP) is 1.22. The summed E-state index contributed by atoms with van der Waals surface area (Å²) in [5.74, 6) is 0. The molecule has 1 aliphatic rings. The summed E-state index contributed by atoms with van der Waals surface area (Å²) in [5, 5.41) is 2.70. The number of rotatable bonds is 3. The molecule has 1 N–H and O–H groups in total. The molecule has 0 bridgehead atoms. The molecule has 0 aromatic rings. The Bertz CT molecular complexity index is 195. The van der Waals surface area contributed by atoms with E-state index in [1.807, 2.05) is 13.8 Å². The maximum absolute atomic E-state index is 11.2. The number of likely N-dealkylation sites (N-methyl/N-ethyl adjacent to an activating group) is 1. The van der Waals surface area contributed by atoms with E-state index < -0.39 is 0 Å². The van der Waals surface area contributed by atoms with Crippen molar-refractivity contribution < 1.29 is 9.53 Å². The van der Waals surface area contributed by atoms with Gasteiger partial charge >= 0.3 is 6.09 Å². The molecule has 4 nitrogen and oxygen atoms in total. The quantitative estimate of drug-likeness (QED) is 0.744. The zero-order valence-electron chi connectivity index (χ0n) is 9.25. The van der Waals surface area contributed by atoms with E-state index in [1.165, 1.54) is 6.42 Å². The number of ether oxygens (including phenoxy) is 1. The summed E-state index contributed by atoms with van der Waals surface area (Å²) >= 11 is 0. The van der Waals surface area contributed by atoms with Gasteiger partial charge in [-0.1, -0.05) is 0 Å². The summed E-state index contributed by atoms with van der Waals surface area (Å²) in [6, 6.07) is 0.553. The first-order valence-electron chi connectivity index (χ1n) is 5.23. The van der Waals surface area contributed by atoms with E-state index >= 15 is 0 Å². The van der Waals surface area contributed by atoms with Gasteiger partial charge in [-0.15, -0.1) is 0 Å². The summed E-state index contributed by atoms with van der Waals surface area (Å²) < 4.78 is 5.12. The number of likely N-dealkylation sites (tertiary alicyclic amines) is 1. The van der Waals surface area contributed by atoms with Crippen molar-refractivity contribution in [3.8, 4) is 0 Å². The van der Waals surface area contributed by atoms with E-state index in [0.717, 1.165) is 13.0 Å². The average molecular weight is 200 g/mol. The summed E-state index contributed by atoms with van der Waals surface area (Å²) in [6.45, 7) is 5.46. The normalized spacial score (nSPS) is 22.7. The first-order chi connectivity index (χ1) is 6.59. The zero-order valence-corrected chi connectivity index (χ0v) is 9.25. The molecule has 1 aliphatic heterocycles. The number of hydrogen-bond acceptors (Lipinski definition) is 3. The van der Waals surface area contributed by atoms with Gasteiger partial charge in [-0.05, 0) is 40.3 Å². The van der Waals surface area contributed by atoms with Gasteiger partial charge in [0.25, 0.3) is 0 Å². The summed E-state index contributed by atoms with van der Waals surface area (Å²) in [4.78, 5) is 13.4. The molecule has 1 atom stereocenters. The van der Waals surface area contributed by atoms with Gasteiger partial charge in [0.2, 0.25) is 0 Å². The van der Waals surface area contributed by atoms with Crippen LogP contribution in [0.4, 0.5) is 4.79 Å². The van der Waals surface area contributed by atoms with E-state index in [2.05, 4.69) is 17.3 Å². The molecule has 0 aliphatic carbocycles. The number of nitrogens with zero attached hydrogens (tertiary/aromatic N) is 1. The number of alkyl carbamates (subject to hydrolysis) is 1. The molecule has 1 rings (SSSR count). The minimum atomic E-state index is -0.305. The third-order valence-electron chi connectivity index (χ3n) is 2.48. The maximum Gasteiger partial charge on any atom is 0.407 e. The Hall–Kier alpha value is -0.770. The first kappa shape index (κ1) is 11.3. The summed E-state index contributed by atoms with van der Waals surface area (Å²) in [7, 11) is 2.07. The first-order valence-corrected chi connectivity index (χ1v) is 5.23. The lowest BCUT2D eigenvalue weighted by molar-refractivity contribution is 0.113. The number of amides is 1. The minimum Gasteiger partial charge on any atom is -0.448 e. The number of nitrogens with one attached hydrogen (secondary N) is 1. The SMILES string of the molecule is CC(C)NC(=O)OCC1CCCN1C. The monoisotopic (exact) mass is 200 g/mol. The highest BCUT2D eigenvalue weighted by Crippen LogP contribution is 2.14. The smallest absolute Gasteiger partial charge is 0.407 e. The van der Waals surface area contributed by atoms with Crippen LogP contribution >= 0.6 is 0 Å². The van der Waals surface area contributed by atoms with E-state index in [9.17, 15) is 4.79 Å². The Balaban J connectivity index is 2.16. The predicted molar refractivity (Wildman–Crippen MR) is 55.3 cm³/mol. The second kappa shape index (κ2) is 5.20. The van der Waals surface area contributed by atoms with Crippen LogP contribution in [0, 0.1) is 0 Å².